The molecule has 0 atom stereocenters. The molecule has 0 unspecified atom stereocenters. The molecule has 5 nitrogen and oxygen atoms in total. The van der Waals surface area contributed by atoms with E-state index in [4.69, 9.17) is 0 Å². The van der Waals surface area contributed by atoms with Gasteiger partial charge >= 0.3 is 0 Å². The number of benzene rings is 1. The highest BCUT2D eigenvalue weighted by Gasteiger charge is 2.10. The first kappa shape index (κ1) is 17.0. The number of hydrogen-bond acceptors (Lipinski definition) is 4. The Morgan fingerprint density at radius 3 is 2.91 bits per heavy atom. The summed E-state index contributed by atoms with van der Waals surface area (Å²) in [6.45, 7) is 3.81. The minimum absolute atomic E-state index is 0.260. The molecule has 118 valence electrons. The molecule has 0 bridgehead atoms. The Bertz CT molecular complexity index is 652. The molecular formula is C15H18FIN4O. The average Bonchev–Trinajstić information content (AvgIpc) is 2.53. The van der Waals surface area contributed by atoms with Crippen molar-refractivity contribution in [2.75, 3.05) is 32.9 Å². The van der Waals surface area contributed by atoms with Crippen LogP contribution in [-0.2, 0) is 0 Å². The van der Waals surface area contributed by atoms with Crippen LogP contribution < -0.4 is 5.32 Å². The predicted octanol–water partition coefficient (Wildman–Crippen LogP) is 2.26. The fraction of sp³-hybridized carbons (Fsp3) is 0.400. The number of amides is 1. The van der Waals surface area contributed by atoms with E-state index < -0.39 is 0 Å². The van der Waals surface area contributed by atoms with Crippen molar-refractivity contribution < 1.29 is 9.18 Å². The van der Waals surface area contributed by atoms with Gasteiger partial charge in [0.1, 0.15) is 12.4 Å². The van der Waals surface area contributed by atoms with Gasteiger partial charge in [0.25, 0.3) is 5.91 Å². The normalized spacial score (nSPS) is 11.1. The topological polar surface area (TPSA) is 58.1 Å². The van der Waals surface area contributed by atoms with E-state index in [0.717, 1.165) is 15.6 Å². The smallest absolute Gasteiger partial charge is 0.271 e. The van der Waals surface area contributed by atoms with Crippen LogP contribution in [0.25, 0.3) is 11.0 Å². The molecule has 0 spiro atoms. The van der Waals surface area contributed by atoms with Crippen molar-refractivity contribution in [3.63, 3.8) is 0 Å². The third-order valence-corrected chi connectivity index (χ3v) is 3.97. The van der Waals surface area contributed by atoms with Crippen LogP contribution in [-0.4, -0.2) is 53.6 Å². The molecule has 7 heteroatoms. The van der Waals surface area contributed by atoms with Crippen molar-refractivity contribution in [2.24, 2.45) is 0 Å². The number of fused-ring (bicyclic) bond motifs is 1. The Morgan fingerprint density at radius 2 is 2.18 bits per heavy atom. The van der Waals surface area contributed by atoms with E-state index in [9.17, 15) is 9.18 Å². The van der Waals surface area contributed by atoms with Crippen molar-refractivity contribution in [1.29, 1.82) is 0 Å². The molecular weight excluding hydrogens is 398 g/mol. The fourth-order valence-corrected chi connectivity index (χ4v) is 2.53. The van der Waals surface area contributed by atoms with E-state index in [1.807, 2.05) is 30.0 Å². The van der Waals surface area contributed by atoms with Crippen LogP contribution in [0.15, 0.2) is 24.4 Å². The minimum atomic E-state index is -0.378. The first-order valence-electron chi connectivity index (χ1n) is 7.13. The lowest BCUT2D eigenvalue weighted by Gasteiger charge is -2.18. The summed E-state index contributed by atoms with van der Waals surface area (Å²) < 4.78 is 13.4. The van der Waals surface area contributed by atoms with Gasteiger partial charge in [0, 0.05) is 23.2 Å². The number of rotatable bonds is 7. The Labute approximate surface area is 142 Å². The SMILES string of the molecule is CCN(CCF)CCNC(=O)c1cnc2cc(I)ccc2n1. The summed E-state index contributed by atoms with van der Waals surface area (Å²) in [5.74, 6) is -0.260. The van der Waals surface area contributed by atoms with Gasteiger partial charge in [0.05, 0.1) is 17.2 Å². The number of carbonyl (C=O) groups excluding carboxylic acids is 1. The van der Waals surface area contributed by atoms with Crippen molar-refractivity contribution in [1.82, 2.24) is 20.2 Å². The van der Waals surface area contributed by atoms with Gasteiger partial charge in [0.2, 0.25) is 0 Å². The maximum Gasteiger partial charge on any atom is 0.271 e. The first-order chi connectivity index (χ1) is 10.6. The van der Waals surface area contributed by atoms with E-state index in [2.05, 4.69) is 37.9 Å². The third kappa shape index (κ3) is 4.57. The summed E-state index contributed by atoms with van der Waals surface area (Å²) in [7, 11) is 0. The summed E-state index contributed by atoms with van der Waals surface area (Å²) >= 11 is 2.21. The van der Waals surface area contributed by atoms with Gasteiger partial charge in [-0.15, -0.1) is 0 Å². The molecule has 0 saturated carbocycles. The summed E-state index contributed by atoms with van der Waals surface area (Å²) in [5.41, 5.74) is 1.76. The number of nitrogens with one attached hydrogen (secondary N) is 1. The number of carbonyl (C=O) groups is 1. The molecule has 2 rings (SSSR count). The maximum absolute atomic E-state index is 12.3. The number of nitrogens with zero attached hydrogens (tertiary/aromatic N) is 3. The summed E-state index contributed by atoms with van der Waals surface area (Å²) in [4.78, 5) is 22.6. The van der Waals surface area contributed by atoms with Gasteiger partial charge < -0.3 is 5.32 Å². The molecule has 1 N–H and O–H groups in total. The van der Waals surface area contributed by atoms with Gasteiger partial charge in [-0.05, 0) is 47.3 Å². The lowest BCUT2D eigenvalue weighted by Crippen LogP contribution is -2.36. The fourth-order valence-electron chi connectivity index (χ4n) is 2.06. The van der Waals surface area contributed by atoms with Gasteiger partial charge in [-0.3, -0.25) is 14.7 Å². The van der Waals surface area contributed by atoms with Crippen molar-refractivity contribution >= 4 is 39.5 Å². The molecule has 0 radical (unpaired) electrons. The largest absolute Gasteiger partial charge is 0.349 e. The van der Waals surface area contributed by atoms with Crippen LogP contribution in [0.1, 0.15) is 17.4 Å². The zero-order valence-corrected chi connectivity index (χ0v) is 14.5. The van der Waals surface area contributed by atoms with Gasteiger partial charge in [-0.25, -0.2) is 9.37 Å². The highest BCUT2D eigenvalue weighted by molar-refractivity contribution is 14.1. The molecule has 0 aliphatic rings. The number of likely N-dealkylation sites (N-methyl/N-ethyl adjacent to an activating group) is 1. The summed E-state index contributed by atoms with van der Waals surface area (Å²) in [6, 6.07) is 5.69. The molecule has 22 heavy (non-hydrogen) atoms. The van der Waals surface area contributed by atoms with E-state index in [1.54, 1.807) is 0 Å². The molecule has 0 saturated heterocycles. The Kier molecular flexibility index (Phi) is 6.44. The van der Waals surface area contributed by atoms with E-state index in [0.29, 0.717) is 30.8 Å². The van der Waals surface area contributed by atoms with Crippen LogP contribution in [0, 0.1) is 3.57 Å². The maximum atomic E-state index is 12.3. The molecule has 1 amide bonds. The lowest BCUT2D eigenvalue weighted by atomic mass is 10.3. The van der Waals surface area contributed by atoms with Gasteiger partial charge in [-0.1, -0.05) is 6.92 Å². The van der Waals surface area contributed by atoms with Gasteiger partial charge in [-0.2, -0.15) is 0 Å². The second-order valence-corrected chi connectivity index (χ2v) is 6.01. The molecule has 1 heterocycles. The molecule has 1 aromatic carbocycles. The van der Waals surface area contributed by atoms with Crippen LogP contribution in [0.5, 0.6) is 0 Å². The zero-order valence-electron chi connectivity index (χ0n) is 12.4. The Hall–Kier alpha value is -1.35. The highest BCUT2D eigenvalue weighted by Crippen LogP contribution is 2.13. The second kappa shape index (κ2) is 8.33. The predicted molar refractivity (Wildman–Crippen MR) is 92.7 cm³/mol. The molecule has 2 aromatic rings. The van der Waals surface area contributed by atoms with Gasteiger partial charge in [0.15, 0.2) is 0 Å². The second-order valence-electron chi connectivity index (χ2n) is 4.77. The van der Waals surface area contributed by atoms with Crippen LogP contribution in [0.3, 0.4) is 0 Å². The Morgan fingerprint density at radius 1 is 1.36 bits per heavy atom. The van der Waals surface area contributed by atoms with Crippen LogP contribution >= 0.6 is 22.6 Å². The van der Waals surface area contributed by atoms with Crippen molar-refractivity contribution in [3.8, 4) is 0 Å². The molecule has 0 aliphatic carbocycles. The number of halogens is 2. The quantitative estimate of drug-likeness (QED) is 0.704. The van der Waals surface area contributed by atoms with E-state index in [-0.39, 0.29) is 12.6 Å². The average molecular weight is 416 g/mol. The van der Waals surface area contributed by atoms with E-state index >= 15 is 0 Å². The summed E-state index contributed by atoms with van der Waals surface area (Å²) in [6.07, 6.45) is 1.48. The zero-order chi connectivity index (χ0) is 15.9. The highest BCUT2D eigenvalue weighted by atomic mass is 127. The van der Waals surface area contributed by atoms with Crippen molar-refractivity contribution in [3.05, 3.63) is 33.7 Å². The van der Waals surface area contributed by atoms with Crippen LogP contribution in [0.4, 0.5) is 4.39 Å². The number of alkyl halides is 1. The van der Waals surface area contributed by atoms with Crippen LogP contribution in [0.2, 0.25) is 0 Å². The first-order valence-corrected chi connectivity index (χ1v) is 8.20. The molecule has 0 aliphatic heterocycles. The monoisotopic (exact) mass is 416 g/mol. The third-order valence-electron chi connectivity index (χ3n) is 3.30. The number of aromatic nitrogens is 2. The minimum Gasteiger partial charge on any atom is -0.349 e. The van der Waals surface area contributed by atoms with E-state index in [1.165, 1.54) is 6.20 Å². The van der Waals surface area contributed by atoms with Crippen molar-refractivity contribution in [2.45, 2.75) is 6.92 Å². The lowest BCUT2D eigenvalue weighted by molar-refractivity contribution is 0.0943. The Balaban J connectivity index is 1.96. The molecule has 1 aromatic heterocycles. The standard InChI is InChI=1S/C15H18FIN4O/c1-2-21(7-5-16)8-6-18-15(22)14-10-19-13-9-11(17)3-4-12(13)20-14/h3-4,9-10H,2,5-8H2,1H3,(H,18,22). The number of hydrogen-bond donors (Lipinski definition) is 1. The molecule has 0 fully saturated rings. The summed E-state index contributed by atoms with van der Waals surface area (Å²) in [5, 5.41) is 2.79.